The van der Waals surface area contributed by atoms with Crippen molar-refractivity contribution >= 4 is 22.7 Å². The van der Waals surface area contributed by atoms with Gasteiger partial charge in [0.2, 0.25) is 0 Å². The molecule has 0 bridgehead atoms. The highest BCUT2D eigenvalue weighted by Crippen LogP contribution is 2.28. The molecule has 1 fully saturated rings. The van der Waals surface area contributed by atoms with Crippen molar-refractivity contribution in [2.24, 2.45) is 0 Å². The summed E-state index contributed by atoms with van der Waals surface area (Å²) in [5.74, 6) is 1.17. The largest absolute Gasteiger partial charge is 0.379 e. The van der Waals surface area contributed by atoms with Crippen LogP contribution in [0, 0.1) is 6.92 Å². The highest BCUT2D eigenvalue weighted by molar-refractivity contribution is 7.99. The van der Waals surface area contributed by atoms with Gasteiger partial charge in [-0.2, -0.15) is 0 Å². The van der Waals surface area contributed by atoms with E-state index in [0.29, 0.717) is 0 Å². The Morgan fingerprint density at radius 2 is 1.90 bits per heavy atom. The predicted octanol–water partition coefficient (Wildman–Crippen LogP) is 4.92. The lowest BCUT2D eigenvalue weighted by Crippen LogP contribution is -2.35. The van der Waals surface area contributed by atoms with Crippen molar-refractivity contribution < 1.29 is 4.74 Å². The number of unbranched alkanes of at least 4 members (excludes halogenated alkanes) is 3. The van der Waals surface area contributed by atoms with Crippen LogP contribution in [0.4, 0.5) is 0 Å². The molecular weight excluding hydrogens is 392 g/mol. The lowest BCUT2D eigenvalue weighted by atomic mass is 10.1. The Bertz CT molecular complexity index is 936. The molecule has 1 aliphatic heterocycles. The summed E-state index contributed by atoms with van der Waals surface area (Å²) >= 11 is 1.96. The average Bonchev–Trinajstić information content (AvgIpc) is 3.20. The molecule has 1 aromatic carbocycles. The minimum Gasteiger partial charge on any atom is -0.379 e. The molecule has 5 nitrogen and oxygen atoms in total. The molecule has 4 rings (SSSR count). The first-order valence-corrected chi connectivity index (χ1v) is 12.1. The maximum absolute atomic E-state index is 5.41. The number of benzene rings is 1. The van der Waals surface area contributed by atoms with E-state index in [1.807, 2.05) is 24.3 Å². The van der Waals surface area contributed by atoms with Crippen LogP contribution in [0.2, 0.25) is 0 Å². The minimum absolute atomic E-state index is 0.843. The molecule has 0 unspecified atom stereocenters. The fourth-order valence-electron chi connectivity index (χ4n) is 3.89. The molecule has 0 aliphatic carbocycles. The van der Waals surface area contributed by atoms with Crippen LogP contribution < -0.4 is 0 Å². The number of nitrogens with zero attached hydrogens (tertiary/aromatic N) is 4. The number of ether oxygens (including phenoxy) is 1. The number of pyridine rings is 1. The number of fused-ring (bicyclic) bond motifs is 1. The molecular formula is C24H32N4OS. The summed E-state index contributed by atoms with van der Waals surface area (Å²) in [4.78, 5) is 12.9. The Labute approximate surface area is 183 Å². The predicted molar refractivity (Wildman–Crippen MR) is 124 cm³/mol. The van der Waals surface area contributed by atoms with Crippen molar-refractivity contribution in [3.05, 3.63) is 54.2 Å². The van der Waals surface area contributed by atoms with Gasteiger partial charge in [-0.05, 0) is 43.2 Å². The summed E-state index contributed by atoms with van der Waals surface area (Å²) in [5.41, 5.74) is 3.55. The first kappa shape index (κ1) is 21.3. The fourth-order valence-corrected chi connectivity index (χ4v) is 4.94. The molecule has 160 valence electrons. The first-order chi connectivity index (χ1) is 14.8. The Morgan fingerprint density at radius 3 is 2.80 bits per heavy atom. The van der Waals surface area contributed by atoms with Crippen LogP contribution in [0.25, 0.3) is 10.9 Å². The molecule has 0 spiro atoms. The van der Waals surface area contributed by atoms with E-state index in [-0.39, 0.29) is 0 Å². The van der Waals surface area contributed by atoms with E-state index in [4.69, 9.17) is 4.74 Å². The Kier molecular flexibility index (Phi) is 7.78. The Hall–Kier alpha value is -1.89. The van der Waals surface area contributed by atoms with E-state index in [2.05, 4.69) is 56.8 Å². The maximum Gasteiger partial charge on any atom is 0.0949 e. The van der Waals surface area contributed by atoms with E-state index in [9.17, 15) is 0 Å². The lowest BCUT2D eigenvalue weighted by molar-refractivity contribution is 0.0337. The van der Waals surface area contributed by atoms with Crippen LogP contribution in [-0.4, -0.2) is 51.5 Å². The topological polar surface area (TPSA) is 43.2 Å². The normalized spacial score (nSPS) is 15.1. The van der Waals surface area contributed by atoms with E-state index >= 15 is 0 Å². The van der Waals surface area contributed by atoms with Crippen molar-refractivity contribution in [1.29, 1.82) is 0 Å². The van der Waals surface area contributed by atoms with Gasteiger partial charge in [0.1, 0.15) is 0 Å². The second kappa shape index (κ2) is 10.9. The number of hydrogen-bond donors (Lipinski definition) is 0. The third-order valence-corrected chi connectivity index (χ3v) is 6.76. The summed E-state index contributed by atoms with van der Waals surface area (Å²) in [5, 5.41) is 1.28. The minimum atomic E-state index is 0.843. The molecule has 0 atom stereocenters. The molecule has 0 saturated carbocycles. The third-order valence-electron chi connectivity index (χ3n) is 5.60. The smallest absolute Gasteiger partial charge is 0.0949 e. The van der Waals surface area contributed by atoms with Gasteiger partial charge in [-0.3, -0.25) is 9.88 Å². The SMILES string of the molecule is Cc1ccc2c(SCCCCCCn3cnc(CN4CCOCC4)c3)ccnc2c1. The van der Waals surface area contributed by atoms with Gasteiger partial charge in [0, 0.05) is 48.9 Å². The molecule has 6 heteroatoms. The Morgan fingerprint density at radius 1 is 1.03 bits per heavy atom. The molecule has 0 amide bonds. The maximum atomic E-state index is 5.41. The lowest BCUT2D eigenvalue weighted by Gasteiger charge is -2.25. The van der Waals surface area contributed by atoms with Gasteiger partial charge in [0.05, 0.1) is 30.8 Å². The zero-order chi connectivity index (χ0) is 20.6. The molecule has 1 saturated heterocycles. The van der Waals surface area contributed by atoms with Gasteiger partial charge in [-0.15, -0.1) is 11.8 Å². The van der Waals surface area contributed by atoms with E-state index in [0.717, 1.165) is 44.9 Å². The highest BCUT2D eigenvalue weighted by Gasteiger charge is 2.12. The molecule has 1 aliphatic rings. The van der Waals surface area contributed by atoms with Crippen LogP contribution in [0.5, 0.6) is 0 Å². The van der Waals surface area contributed by atoms with Crippen LogP contribution in [0.3, 0.4) is 0 Å². The number of aryl methyl sites for hydroxylation is 2. The highest BCUT2D eigenvalue weighted by atomic mass is 32.2. The summed E-state index contributed by atoms with van der Waals surface area (Å²) in [6, 6.07) is 8.70. The summed E-state index contributed by atoms with van der Waals surface area (Å²) < 4.78 is 7.66. The van der Waals surface area contributed by atoms with E-state index in [1.54, 1.807) is 0 Å². The van der Waals surface area contributed by atoms with Gasteiger partial charge >= 0.3 is 0 Å². The van der Waals surface area contributed by atoms with Crippen LogP contribution >= 0.6 is 11.8 Å². The number of morpholine rings is 1. The van der Waals surface area contributed by atoms with Crippen molar-refractivity contribution in [2.75, 3.05) is 32.1 Å². The third kappa shape index (κ3) is 6.06. The molecule has 2 aromatic heterocycles. The summed E-state index contributed by atoms with van der Waals surface area (Å²) in [6.07, 6.45) is 11.2. The monoisotopic (exact) mass is 424 g/mol. The fraction of sp³-hybridized carbons (Fsp3) is 0.500. The van der Waals surface area contributed by atoms with Crippen molar-refractivity contribution in [3.8, 4) is 0 Å². The van der Waals surface area contributed by atoms with Crippen molar-refractivity contribution in [2.45, 2.75) is 50.6 Å². The number of rotatable bonds is 10. The number of thioether (sulfide) groups is 1. The summed E-state index contributed by atoms with van der Waals surface area (Å²) in [6.45, 7) is 7.84. The van der Waals surface area contributed by atoms with Gasteiger partial charge in [0.25, 0.3) is 0 Å². The number of aromatic nitrogens is 3. The Balaban J connectivity index is 1.12. The van der Waals surface area contributed by atoms with Crippen molar-refractivity contribution in [3.63, 3.8) is 0 Å². The van der Waals surface area contributed by atoms with Gasteiger partial charge in [0.15, 0.2) is 0 Å². The zero-order valence-corrected chi connectivity index (χ0v) is 18.7. The van der Waals surface area contributed by atoms with Crippen LogP contribution in [-0.2, 0) is 17.8 Å². The van der Waals surface area contributed by atoms with Gasteiger partial charge < -0.3 is 9.30 Å². The van der Waals surface area contributed by atoms with E-state index < -0.39 is 0 Å². The average molecular weight is 425 g/mol. The van der Waals surface area contributed by atoms with Crippen molar-refractivity contribution in [1.82, 2.24) is 19.4 Å². The molecule has 0 radical (unpaired) electrons. The summed E-state index contributed by atoms with van der Waals surface area (Å²) in [7, 11) is 0. The molecule has 0 N–H and O–H groups in total. The van der Waals surface area contributed by atoms with Gasteiger partial charge in [-0.1, -0.05) is 25.0 Å². The van der Waals surface area contributed by atoms with E-state index in [1.165, 1.54) is 53.0 Å². The van der Waals surface area contributed by atoms with Crippen LogP contribution in [0.15, 0.2) is 47.9 Å². The first-order valence-electron chi connectivity index (χ1n) is 11.1. The van der Waals surface area contributed by atoms with Crippen LogP contribution in [0.1, 0.15) is 36.9 Å². The van der Waals surface area contributed by atoms with Gasteiger partial charge in [-0.25, -0.2) is 4.98 Å². The number of hydrogen-bond acceptors (Lipinski definition) is 5. The second-order valence-corrected chi connectivity index (χ2v) is 9.22. The zero-order valence-electron chi connectivity index (χ0n) is 17.9. The molecule has 3 heterocycles. The standard InChI is InChI=1S/C24H32N4OS/c1-20-6-7-22-23(16-20)25-9-8-24(22)30-15-5-3-2-4-10-28-18-21(26-19-28)17-27-11-13-29-14-12-27/h6-9,16,18-19H,2-5,10-15,17H2,1H3. The quantitative estimate of drug-likeness (QED) is 0.341. The second-order valence-electron chi connectivity index (χ2n) is 8.08. The molecule has 30 heavy (non-hydrogen) atoms. The number of imidazole rings is 1. The molecule has 3 aromatic rings.